The molecule has 8 nitrogen and oxygen atoms in total. The number of para-hydroxylation sites is 2. The highest BCUT2D eigenvalue weighted by atomic mass is 32.2. The molecule has 0 saturated heterocycles. The summed E-state index contributed by atoms with van der Waals surface area (Å²) >= 11 is 1.35. The molecule has 0 aliphatic rings. The van der Waals surface area contributed by atoms with Crippen LogP contribution in [0.3, 0.4) is 0 Å². The zero-order valence-electron chi connectivity index (χ0n) is 17.7. The fourth-order valence-electron chi connectivity index (χ4n) is 3.00. The Morgan fingerprint density at radius 1 is 0.882 bits per heavy atom. The number of carbonyl (C=O) groups excluding carboxylic acids is 2. The SMILES string of the molecule is O=C(O)/C=C/C(=O)Nc1ccc(SCC(=O)Nc2ccc(-c3nc4ccccc4o3)cc2)cc1. The van der Waals surface area contributed by atoms with Crippen molar-refractivity contribution in [2.45, 2.75) is 4.90 Å². The fourth-order valence-corrected chi connectivity index (χ4v) is 3.70. The standard InChI is InChI=1S/C25H19N3O5S/c29-22(13-14-24(31)32)26-18-9-11-19(12-10-18)34-15-23(30)27-17-7-5-16(6-8-17)25-28-20-3-1-2-4-21(20)33-25/h1-14H,15H2,(H,26,29)(H,27,30)(H,31,32)/b14-13+. The average Bonchev–Trinajstić information content (AvgIpc) is 3.27. The Hall–Kier alpha value is -4.37. The third-order valence-electron chi connectivity index (χ3n) is 4.58. The Morgan fingerprint density at radius 2 is 1.56 bits per heavy atom. The molecular weight excluding hydrogens is 454 g/mol. The average molecular weight is 474 g/mol. The number of hydrogen-bond donors (Lipinski definition) is 3. The van der Waals surface area contributed by atoms with Crippen molar-refractivity contribution >= 4 is 52.0 Å². The summed E-state index contributed by atoms with van der Waals surface area (Å²) in [6.45, 7) is 0. The number of fused-ring (bicyclic) bond motifs is 1. The van der Waals surface area contributed by atoms with E-state index in [9.17, 15) is 14.4 Å². The Kier molecular flexibility index (Phi) is 7.04. The van der Waals surface area contributed by atoms with Gasteiger partial charge in [-0.15, -0.1) is 11.8 Å². The fraction of sp³-hybridized carbons (Fsp3) is 0.0400. The van der Waals surface area contributed by atoms with Gasteiger partial charge >= 0.3 is 5.97 Å². The third-order valence-corrected chi connectivity index (χ3v) is 5.59. The number of aromatic nitrogens is 1. The number of benzene rings is 3. The maximum Gasteiger partial charge on any atom is 0.328 e. The molecule has 170 valence electrons. The lowest BCUT2D eigenvalue weighted by molar-refractivity contribution is -0.131. The number of oxazole rings is 1. The van der Waals surface area contributed by atoms with E-state index in [1.165, 1.54) is 11.8 Å². The monoisotopic (exact) mass is 473 g/mol. The lowest BCUT2D eigenvalue weighted by Crippen LogP contribution is -2.13. The summed E-state index contributed by atoms with van der Waals surface area (Å²) in [6, 6.07) is 21.7. The summed E-state index contributed by atoms with van der Waals surface area (Å²) in [4.78, 5) is 39.7. The summed E-state index contributed by atoms with van der Waals surface area (Å²) in [5, 5.41) is 13.9. The normalized spacial score (nSPS) is 10.9. The van der Waals surface area contributed by atoms with E-state index in [0.717, 1.165) is 33.7 Å². The molecule has 0 aliphatic heterocycles. The number of aliphatic carboxylic acids is 1. The van der Waals surface area contributed by atoms with Gasteiger partial charge in [-0.2, -0.15) is 0 Å². The van der Waals surface area contributed by atoms with Gasteiger partial charge < -0.3 is 20.2 Å². The van der Waals surface area contributed by atoms with Crippen molar-refractivity contribution in [3.63, 3.8) is 0 Å². The van der Waals surface area contributed by atoms with Crippen LogP contribution in [0, 0.1) is 0 Å². The van der Waals surface area contributed by atoms with E-state index in [4.69, 9.17) is 9.52 Å². The van der Waals surface area contributed by atoms with Crippen LogP contribution in [0.4, 0.5) is 11.4 Å². The molecule has 0 spiro atoms. The second-order valence-corrected chi connectivity index (χ2v) is 8.13. The lowest BCUT2D eigenvalue weighted by Gasteiger charge is -2.07. The molecule has 0 fully saturated rings. The Balaban J connectivity index is 1.27. The minimum absolute atomic E-state index is 0.157. The topological polar surface area (TPSA) is 122 Å². The number of carbonyl (C=O) groups is 3. The first-order valence-electron chi connectivity index (χ1n) is 10.2. The van der Waals surface area contributed by atoms with Crippen molar-refractivity contribution in [1.29, 1.82) is 0 Å². The zero-order chi connectivity index (χ0) is 23.9. The van der Waals surface area contributed by atoms with Crippen LogP contribution in [0.2, 0.25) is 0 Å². The van der Waals surface area contributed by atoms with Gasteiger partial charge in [0, 0.05) is 34.0 Å². The highest BCUT2D eigenvalue weighted by Gasteiger charge is 2.09. The predicted molar refractivity (Wildman–Crippen MR) is 131 cm³/mol. The van der Waals surface area contributed by atoms with E-state index in [1.54, 1.807) is 36.4 Å². The van der Waals surface area contributed by atoms with Crippen molar-refractivity contribution in [3.8, 4) is 11.5 Å². The third kappa shape index (κ3) is 6.11. The summed E-state index contributed by atoms with van der Waals surface area (Å²) in [7, 11) is 0. The van der Waals surface area contributed by atoms with Crippen LogP contribution in [0.15, 0.2) is 94.3 Å². The van der Waals surface area contributed by atoms with Crippen molar-refractivity contribution in [1.82, 2.24) is 4.98 Å². The second-order valence-electron chi connectivity index (χ2n) is 7.09. The van der Waals surface area contributed by atoms with Gasteiger partial charge in [-0.3, -0.25) is 9.59 Å². The molecule has 34 heavy (non-hydrogen) atoms. The summed E-state index contributed by atoms with van der Waals surface area (Å²) in [5.74, 6) is -1.16. The van der Waals surface area contributed by atoms with Crippen LogP contribution in [0.25, 0.3) is 22.6 Å². The van der Waals surface area contributed by atoms with Gasteiger partial charge in [-0.05, 0) is 60.7 Å². The van der Waals surface area contributed by atoms with Crippen LogP contribution in [0.5, 0.6) is 0 Å². The van der Waals surface area contributed by atoms with Crippen molar-refractivity contribution < 1.29 is 23.9 Å². The molecule has 2 amide bonds. The molecule has 0 bridgehead atoms. The largest absolute Gasteiger partial charge is 0.478 e. The highest BCUT2D eigenvalue weighted by molar-refractivity contribution is 8.00. The molecule has 0 aliphatic carbocycles. The first-order valence-corrected chi connectivity index (χ1v) is 11.2. The quantitative estimate of drug-likeness (QED) is 0.248. The van der Waals surface area contributed by atoms with E-state index >= 15 is 0 Å². The summed E-state index contributed by atoms with van der Waals surface area (Å²) in [5.41, 5.74) is 3.51. The van der Waals surface area contributed by atoms with Crippen LogP contribution in [-0.2, 0) is 14.4 Å². The Morgan fingerprint density at radius 3 is 2.26 bits per heavy atom. The highest BCUT2D eigenvalue weighted by Crippen LogP contribution is 2.25. The maximum absolute atomic E-state index is 12.3. The minimum Gasteiger partial charge on any atom is -0.478 e. The van der Waals surface area contributed by atoms with Gasteiger partial charge in [0.2, 0.25) is 17.7 Å². The van der Waals surface area contributed by atoms with Gasteiger partial charge in [-0.25, -0.2) is 9.78 Å². The second kappa shape index (κ2) is 10.5. The number of carboxylic acids is 1. The molecule has 0 saturated carbocycles. The number of nitrogens with one attached hydrogen (secondary N) is 2. The van der Waals surface area contributed by atoms with Crippen molar-refractivity contribution in [3.05, 3.63) is 84.9 Å². The van der Waals surface area contributed by atoms with Gasteiger partial charge in [0.15, 0.2) is 5.58 Å². The van der Waals surface area contributed by atoms with Gasteiger partial charge in [-0.1, -0.05) is 12.1 Å². The Labute approximate surface area is 198 Å². The van der Waals surface area contributed by atoms with E-state index in [-0.39, 0.29) is 11.7 Å². The summed E-state index contributed by atoms with van der Waals surface area (Å²) < 4.78 is 5.76. The molecule has 4 rings (SSSR count). The van der Waals surface area contributed by atoms with Gasteiger partial charge in [0.25, 0.3) is 0 Å². The van der Waals surface area contributed by atoms with E-state index in [2.05, 4.69) is 15.6 Å². The van der Waals surface area contributed by atoms with Crippen LogP contribution < -0.4 is 10.6 Å². The van der Waals surface area contributed by atoms with E-state index in [1.807, 2.05) is 36.4 Å². The smallest absolute Gasteiger partial charge is 0.328 e. The van der Waals surface area contributed by atoms with Crippen LogP contribution in [-0.4, -0.2) is 33.6 Å². The molecule has 1 aromatic heterocycles. The minimum atomic E-state index is -1.20. The number of carboxylic acid groups (broad SMARTS) is 1. The maximum atomic E-state index is 12.3. The van der Waals surface area contributed by atoms with Crippen molar-refractivity contribution in [2.75, 3.05) is 16.4 Å². The molecule has 3 aromatic carbocycles. The number of anilines is 2. The number of nitrogens with zero attached hydrogens (tertiary/aromatic N) is 1. The first kappa shape index (κ1) is 22.8. The zero-order valence-corrected chi connectivity index (χ0v) is 18.5. The molecule has 4 aromatic rings. The molecular formula is C25H19N3O5S. The number of hydrogen-bond acceptors (Lipinski definition) is 6. The van der Waals surface area contributed by atoms with Gasteiger partial charge in [0.1, 0.15) is 5.52 Å². The number of thioether (sulfide) groups is 1. The Bertz CT molecular complexity index is 1330. The first-order chi connectivity index (χ1) is 16.5. The van der Waals surface area contributed by atoms with Crippen LogP contribution in [0.1, 0.15) is 0 Å². The molecule has 0 unspecified atom stereocenters. The molecule has 1 heterocycles. The molecule has 9 heteroatoms. The van der Waals surface area contributed by atoms with E-state index in [0.29, 0.717) is 17.3 Å². The van der Waals surface area contributed by atoms with Gasteiger partial charge in [0.05, 0.1) is 5.75 Å². The molecule has 3 N–H and O–H groups in total. The lowest BCUT2D eigenvalue weighted by atomic mass is 10.2. The predicted octanol–water partition coefficient (Wildman–Crippen LogP) is 4.80. The number of amides is 2. The molecule has 0 radical (unpaired) electrons. The number of rotatable bonds is 8. The summed E-state index contributed by atoms with van der Waals surface area (Å²) in [6.07, 6.45) is 1.70. The molecule has 0 atom stereocenters. The van der Waals surface area contributed by atoms with Crippen molar-refractivity contribution in [2.24, 2.45) is 0 Å². The van der Waals surface area contributed by atoms with Crippen LogP contribution >= 0.6 is 11.8 Å². The van der Waals surface area contributed by atoms with E-state index < -0.39 is 11.9 Å².